The van der Waals surface area contributed by atoms with Crippen molar-refractivity contribution in [3.8, 4) is 0 Å². The van der Waals surface area contributed by atoms with E-state index in [-0.39, 0.29) is 12.0 Å². The summed E-state index contributed by atoms with van der Waals surface area (Å²) >= 11 is 0. The zero-order valence-corrected chi connectivity index (χ0v) is 3.38. The number of ether oxygens (including phenoxy) is 2. The second-order valence-electron chi connectivity index (χ2n) is 0.916. The fraction of sp³-hybridized carbons (Fsp3) is 0.250. The molecule has 0 spiro atoms. The van der Waals surface area contributed by atoms with E-state index in [0.717, 1.165) is 0 Å². The van der Waals surface area contributed by atoms with Gasteiger partial charge in [-0.3, -0.25) is 4.79 Å². The largest absolute Gasteiger partial charge is 0.461 e. The molecule has 1 atom stereocenters. The molecule has 0 aromatic carbocycles. The van der Waals surface area contributed by atoms with Crippen molar-refractivity contribution in [1.82, 2.24) is 0 Å². The molecule has 3 heteroatoms. The van der Waals surface area contributed by atoms with E-state index in [1.54, 1.807) is 0 Å². The first-order valence-electron chi connectivity index (χ1n) is 2.73. The summed E-state index contributed by atoms with van der Waals surface area (Å²) in [5.41, 5.74) is 0. The Labute approximate surface area is 43.3 Å². The predicted molar refractivity (Wildman–Crippen MR) is 21.2 cm³/mol. The molecule has 7 heavy (non-hydrogen) atoms. The summed E-state index contributed by atoms with van der Waals surface area (Å²) in [6.45, 7) is -1.24. The van der Waals surface area contributed by atoms with Crippen LogP contribution in [-0.4, -0.2) is 13.1 Å². The average molecular weight is 102 g/mol. The van der Waals surface area contributed by atoms with E-state index in [2.05, 4.69) is 9.47 Å². The Kier molecular flexibility index (Phi) is 0.551. The Bertz CT molecular complexity index is 165. The van der Waals surface area contributed by atoms with Crippen LogP contribution in [0.15, 0.2) is 12.0 Å². The lowest BCUT2D eigenvalue weighted by molar-refractivity contribution is -0.107. The summed E-state index contributed by atoms with van der Waals surface area (Å²) in [7, 11) is 0. The lowest BCUT2D eigenvalue weighted by Gasteiger charge is -1.86. The number of hydrogen-bond donors (Lipinski definition) is 0. The molecule has 0 saturated carbocycles. The van der Waals surface area contributed by atoms with E-state index in [1.807, 2.05) is 0 Å². The van der Waals surface area contributed by atoms with E-state index < -0.39 is 6.77 Å². The molecule has 1 rings (SSSR count). The molecule has 0 saturated heterocycles. The van der Waals surface area contributed by atoms with Gasteiger partial charge in [-0.15, -0.1) is 0 Å². The maximum atomic E-state index is 9.90. The number of allylic oxidation sites excluding steroid dienone is 1. The lowest BCUT2D eigenvalue weighted by atomic mass is 10.6. The highest BCUT2D eigenvalue weighted by Crippen LogP contribution is 2.00. The standard InChI is InChI=1S/C4H4O3/c5-1-4-2-6-3-7-4/h1-2H,3H2/i2D,3D. The number of aldehydes is 1. The average Bonchev–Trinajstić information content (AvgIpc) is 2.10. The third kappa shape index (κ3) is 0.707. The first kappa shape index (κ1) is 2.35. The maximum Gasteiger partial charge on any atom is 0.230 e. The van der Waals surface area contributed by atoms with Crippen LogP contribution in [0.3, 0.4) is 0 Å². The van der Waals surface area contributed by atoms with Gasteiger partial charge in [-0.2, -0.15) is 0 Å². The SMILES string of the molecule is [2H]C1=C(C=O)OC([2H])O1. The molecule has 0 radical (unpaired) electrons. The molecule has 0 aliphatic carbocycles. The molecule has 0 aromatic heterocycles. The summed E-state index contributed by atoms with van der Waals surface area (Å²) < 4.78 is 22.2. The maximum absolute atomic E-state index is 9.90. The van der Waals surface area contributed by atoms with Gasteiger partial charge in [0.2, 0.25) is 6.77 Å². The molecule has 0 N–H and O–H groups in total. The van der Waals surface area contributed by atoms with Crippen LogP contribution in [0.4, 0.5) is 0 Å². The van der Waals surface area contributed by atoms with Crippen molar-refractivity contribution in [3.05, 3.63) is 12.0 Å². The van der Waals surface area contributed by atoms with Gasteiger partial charge in [0.25, 0.3) is 0 Å². The molecule has 38 valence electrons. The third-order valence-electron chi connectivity index (χ3n) is 0.490. The Morgan fingerprint density at radius 2 is 3.14 bits per heavy atom. The normalized spacial score (nSPS) is 32.9. The highest BCUT2D eigenvalue weighted by atomic mass is 16.7. The van der Waals surface area contributed by atoms with Crippen molar-refractivity contribution in [1.29, 1.82) is 0 Å². The van der Waals surface area contributed by atoms with Gasteiger partial charge in [0.1, 0.15) is 8.98 Å². The topological polar surface area (TPSA) is 35.5 Å². The van der Waals surface area contributed by atoms with Gasteiger partial charge in [0.05, 0.1) is 0 Å². The second-order valence-corrected chi connectivity index (χ2v) is 0.916. The summed E-state index contributed by atoms with van der Waals surface area (Å²) in [4.78, 5) is 9.90. The first-order valence-corrected chi connectivity index (χ1v) is 1.65. The van der Waals surface area contributed by atoms with Crippen molar-refractivity contribution < 1.29 is 17.0 Å². The molecule has 0 bridgehead atoms. The van der Waals surface area contributed by atoms with Crippen molar-refractivity contribution in [2.45, 2.75) is 0 Å². The molecule has 0 amide bonds. The van der Waals surface area contributed by atoms with E-state index in [1.165, 1.54) is 0 Å². The molecule has 1 heterocycles. The van der Waals surface area contributed by atoms with Gasteiger partial charge in [-0.1, -0.05) is 0 Å². The van der Waals surface area contributed by atoms with Crippen LogP contribution in [-0.2, 0) is 14.3 Å². The van der Waals surface area contributed by atoms with E-state index in [9.17, 15) is 4.79 Å². The van der Waals surface area contributed by atoms with Crippen LogP contribution in [0.25, 0.3) is 0 Å². The van der Waals surface area contributed by atoms with Gasteiger partial charge >= 0.3 is 0 Å². The zero-order chi connectivity index (χ0) is 6.85. The smallest absolute Gasteiger partial charge is 0.230 e. The molecule has 1 aliphatic rings. The van der Waals surface area contributed by atoms with Crippen molar-refractivity contribution in [3.63, 3.8) is 0 Å². The highest BCUT2D eigenvalue weighted by molar-refractivity contribution is 5.69. The Hall–Kier alpha value is -0.990. The summed E-state index contributed by atoms with van der Waals surface area (Å²) in [5, 5.41) is 0. The van der Waals surface area contributed by atoms with Crippen LogP contribution < -0.4 is 0 Å². The number of carbonyl (C=O) groups is 1. The lowest BCUT2D eigenvalue weighted by Crippen LogP contribution is -1.84. The minimum absolute atomic E-state index is 0.213. The van der Waals surface area contributed by atoms with Crippen LogP contribution in [0.5, 0.6) is 0 Å². The molecular formula is C4H4O3. The monoisotopic (exact) mass is 102 g/mol. The highest BCUT2D eigenvalue weighted by Gasteiger charge is 2.01. The molecule has 0 fully saturated rings. The van der Waals surface area contributed by atoms with Gasteiger partial charge in [-0.25, -0.2) is 0 Å². The predicted octanol–water partition coefficient (Wildman–Crippen LogP) is 0.0310. The van der Waals surface area contributed by atoms with Crippen molar-refractivity contribution in [2.75, 3.05) is 6.77 Å². The minimum Gasteiger partial charge on any atom is -0.461 e. The summed E-state index contributed by atoms with van der Waals surface area (Å²) in [6.07, 6.45) is -0.0262. The van der Waals surface area contributed by atoms with Crippen molar-refractivity contribution in [2.24, 2.45) is 0 Å². The number of carbonyl (C=O) groups excluding carboxylic acids is 1. The zero-order valence-electron chi connectivity index (χ0n) is 5.38. The quantitative estimate of drug-likeness (QED) is 0.438. The van der Waals surface area contributed by atoms with E-state index in [0.29, 0.717) is 6.29 Å². The molecule has 0 aromatic rings. The van der Waals surface area contributed by atoms with Gasteiger partial charge in [0.15, 0.2) is 12.0 Å². The van der Waals surface area contributed by atoms with Crippen LogP contribution in [0.1, 0.15) is 2.74 Å². The summed E-state index contributed by atoms with van der Waals surface area (Å²) in [6, 6.07) is 0. The van der Waals surface area contributed by atoms with Crippen molar-refractivity contribution >= 4 is 6.29 Å². The number of rotatable bonds is 1. The fourth-order valence-corrected chi connectivity index (χ4v) is 0.234. The third-order valence-corrected chi connectivity index (χ3v) is 0.490. The Balaban J connectivity index is 2.69. The fourth-order valence-electron chi connectivity index (χ4n) is 0.234. The van der Waals surface area contributed by atoms with E-state index in [4.69, 9.17) is 2.74 Å². The molecular weight excluding hydrogens is 96.0 g/mol. The van der Waals surface area contributed by atoms with E-state index >= 15 is 0 Å². The van der Waals surface area contributed by atoms with Crippen LogP contribution in [0, 0.1) is 0 Å². The first-order chi connectivity index (χ1) is 4.24. The molecule has 1 unspecified atom stereocenters. The van der Waals surface area contributed by atoms with Crippen LogP contribution in [0.2, 0.25) is 0 Å². The van der Waals surface area contributed by atoms with Gasteiger partial charge in [0, 0.05) is 0 Å². The minimum atomic E-state index is -1.24. The second kappa shape index (κ2) is 1.64. The van der Waals surface area contributed by atoms with Gasteiger partial charge < -0.3 is 9.47 Å². The Morgan fingerprint density at radius 3 is 3.43 bits per heavy atom. The molecule has 3 nitrogen and oxygen atoms in total. The van der Waals surface area contributed by atoms with Gasteiger partial charge in [-0.05, 0) is 0 Å². The van der Waals surface area contributed by atoms with Crippen LogP contribution >= 0.6 is 0 Å². The number of hydrogen-bond acceptors (Lipinski definition) is 3. The molecule has 1 aliphatic heterocycles. The Morgan fingerprint density at radius 1 is 2.29 bits per heavy atom. The summed E-state index contributed by atoms with van der Waals surface area (Å²) in [5.74, 6) is -0.213.